The van der Waals surface area contributed by atoms with Gasteiger partial charge < -0.3 is 23.7 Å². The monoisotopic (exact) mass is 326 g/mol. The lowest BCUT2D eigenvalue weighted by atomic mass is 10.2. The second-order valence-corrected chi connectivity index (χ2v) is 5.04. The summed E-state index contributed by atoms with van der Waals surface area (Å²) in [7, 11) is 2.90. The number of esters is 2. The SMILES string of the molecule is COc1cccc(OC)c1OC(=O)COCC(=O)OCC(C)C. The van der Waals surface area contributed by atoms with Crippen LogP contribution in [0.25, 0.3) is 0 Å². The van der Waals surface area contributed by atoms with E-state index in [2.05, 4.69) is 0 Å². The van der Waals surface area contributed by atoms with Gasteiger partial charge in [-0.1, -0.05) is 19.9 Å². The molecule has 0 atom stereocenters. The van der Waals surface area contributed by atoms with E-state index in [-0.39, 0.29) is 18.3 Å². The average Bonchev–Trinajstić information content (AvgIpc) is 2.53. The van der Waals surface area contributed by atoms with Gasteiger partial charge in [-0.2, -0.15) is 0 Å². The Labute approximate surface area is 135 Å². The third-order valence-corrected chi connectivity index (χ3v) is 2.62. The zero-order valence-electron chi connectivity index (χ0n) is 13.8. The first kappa shape index (κ1) is 18.8. The first-order valence-corrected chi connectivity index (χ1v) is 7.13. The van der Waals surface area contributed by atoms with Crippen molar-refractivity contribution >= 4 is 11.9 Å². The van der Waals surface area contributed by atoms with Crippen molar-refractivity contribution in [2.75, 3.05) is 34.0 Å². The van der Waals surface area contributed by atoms with Crippen molar-refractivity contribution in [2.45, 2.75) is 13.8 Å². The fourth-order valence-electron chi connectivity index (χ4n) is 1.58. The van der Waals surface area contributed by atoms with E-state index in [1.807, 2.05) is 13.8 Å². The summed E-state index contributed by atoms with van der Waals surface area (Å²) in [6, 6.07) is 4.97. The van der Waals surface area contributed by atoms with Crippen LogP contribution in [-0.4, -0.2) is 46.0 Å². The molecule has 0 aromatic heterocycles. The van der Waals surface area contributed by atoms with Gasteiger partial charge in [0.05, 0.1) is 20.8 Å². The van der Waals surface area contributed by atoms with Crippen molar-refractivity contribution in [3.63, 3.8) is 0 Å². The number of carbonyl (C=O) groups is 2. The molecule has 7 nitrogen and oxygen atoms in total. The lowest BCUT2D eigenvalue weighted by molar-refractivity contribution is -0.152. The third-order valence-electron chi connectivity index (χ3n) is 2.62. The molecule has 0 aliphatic heterocycles. The maximum Gasteiger partial charge on any atom is 0.337 e. The molecule has 0 heterocycles. The number of ether oxygens (including phenoxy) is 5. The van der Waals surface area contributed by atoms with Gasteiger partial charge in [-0.15, -0.1) is 0 Å². The van der Waals surface area contributed by atoms with Crippen LogP contribution in [0.4, 0.5) is 0 Å². The second kappa shape index (κ2) is 9.68. The molecule has 1 aromatic carbocycles. The van der Waals surface area contributed by atoms with E-state index < -0.39 is 18.5 Å². The number of methoxy groups -OCH3 is 2. The minimum absolute atomic E-state index is 0.161. The maximum atomic E-state index is 11.8. The Kier molecular flexibility index (Phi) is 7.90. The fraction of sp³-hybridized carbons (Fsp3) is 0.500. The summed E-state index contributed by atoms with van der Waals surface area (Å²) in [6.07, 6.45) is 0. The number of rotatable bonds is 9. The molecule has 0 spiro atoms. The topological polar surface area (TPSA) is 80.3 Å². The molecule has 1 rings (SSSR count). The van der Waals surface area contributed by atoms with Gasteiger partial charge in [0.2, 0.25) is 5.75 Å². The molecule has 0 saturated carbocycles. The molecule has 0 fully saturated rings. The molecular formula is C16H22O7. The van der Waals surface area contributed by atoms with Gasteiger partial charge in [-0.05, 0) is 18.1 Å². The lowest BCUT2D eigenvalue weighted by Crippen LogP contribution is -2.21. The zero-order chi connectivity index (χ0) is 17.2. The Morgan fingerprint density at radius 3 is 2.09 bits per heavy atom. The molecular weight excluding hydrogens is 304 g/mol. The van der Waals surface area contributed by atoms with Crippen molar-refractivity contribution in [1.29, 1.82) is 0 Å². The van der Waals surface area contributed by atoms with Gasteiger partial charge in [0.1, 0.15) is 13.2 Å². The van der Waals surface area contributed by atoms with Gasteiger partial charge in [0.15, 0.2) is 11.5 Å². The van der Waals surface area contributed by atoms with Crippen molar-refractivity contribution in [3.05, 3.63) is 18.2 Å². The zero-order valence-corrected chi connectivity index (χ0v) is 13.8. The summed E-state index contributed by atoms with van der Waals surface area (Å²) >= 11 is 0. The van der Waals surface area contributed by atoms with Crippen LogP contribution in [0, 0.1) is 5.92 Å². The van der Waals surface area contributed by atoms with Gasteiger partial charge in [0.25, 0.3) is 0 Å². The molecule has 0 amide bonds. The Balaban J connectivity index is 2.47. The summed E-state index contributed by atoms with van der Waals surface area (Å²) < 4.78 is 25.3. The highest BCUT2D eigenvalue weighted by molar-refractivity contribution is 5.76. The number of carbonyl (C=O) groups excluding carboxylic acids is 2. The second-order valence-electron chi connectivity index (χ2n) is 5.04. The van der Waals surface area contributed by atoms with Crippen molar-refractivity contribution in [2.24, 2.45) is 5.92 Å². The highest BCUT2D eigenvalue weighted by Gasteiger charge is 2.16. The van der Waals surface area contributed by atoms with E-state index in [9.17, 15) is 9.59 Å². The van der Waals surface area contributed by atoms with Gasteiger partial charge in [-0.25, -0.2) is 9.59 Å². The Morgan fingerprint density at radius 2 is 1.57 bits per heavy atom. The van der Waals surface area contributed by atoms with E-state index >= 15 is 0 Å². The van der Waals surface area contributed by atoms with E-state index in [0.717, 1.165) is 0 Å². The number of hydrogen-bond acceptors (Lipinski definition) is 7. The molecule has 0 aliphatic rings. The van der Waals surface area contributed by atoms with Crippen LogP contribution in [0.1, 0.15) is 13.8 Å². The largest absolute Gasteiger partial charge is 0.493 e. The predicted molar refractivity (Wildman–Crippen MR) is 81.8 cm³/mol. The molecule has 0 radical (unpaired) electrons. The van der Waals surface area contributed by atoms with Crippen LogP contribution in [0.3, 0.4) is 0 Å². The number of benzene rings is 1. The Morgan fingerprint density at radius 1 is 1.00 bits per heavy atom. The van der Waals surface area contributed by atoms with Crippen molar-refractivity contribution in [1.82, 2.24) is 0 Å². The molecule has 0 saturated heterocycles. The summed E-state index contributed by atoms with van der Waals surface area (Å²) in [5.74, 6) is -0.0932. The maximum absolute atomic E-state index is 11.8. The fourth-order valence-corrected chi connectivity index (χ4v) is 1.58. The van der Waals surface area contributed by atoms with Crippen molar-refractivity contribution < 1.29 is 33.3 Å². The minimum atomic E-state index is -0.676. The van der Waals surface area contributed by atoms with Crippen LogP contribution >= 0.6 is 0 Å². The highest BCUT2D eigenvalue weighted by atomic mass is 16.6. The van der Waals surface area contributed by atoms with Crippen LogP contribution < -0.4 is 14.2 Å². The molecule has 23 heavy (non-hydrogen) atoms. The van der Waals surface area contributed by atoms with Gasteiger partial charge in [0, 0.05) is 0 Å². The molecule has 0 N–H and O–H groups in total. The molecule has 0 unspecified atom stereocenters. The average molecular weight is 326 g/mol. The quantitative estimate of drug-likeness (QED) is 0.506. The third kappa shape index (κ3) is 6.56. The van der Waals surface area contributed by atoms with Gasteiger partial charge in [-0.3, -0.25) is 0 Å². The summed E-state index contributed by atoms with van der Waals surface area (Å²) in [4.78, 5) is 23.1. The van der Waals surface area contributed by atoms with Gasteiger partial charge >= 0.3 is 11.9 Å². The summed E-state index contributed by atoms with van der Waals surface area (Å²) in [5, 5.41) is 0. The highest BCUT2D eigenvalue weighted by Crippen LogP contribution is 2.36. The normalized spacial score (nSPS) is 10.3. The molecule has 7 heteroatoms. The molecule has 128 valence electrons. The molecule has 0 aliphatic carbocycles. The van der Waals surface area contributed by atoms with Crippen LogP contribution in [0.5, 0.6) is 17.2 Å². The van der Waals surface area contributed by atoms with E-state index in [4.69, 9.17) is 23.7 Å². The standard InChI is InChI=1S/C16H22O7/c1-11(2)8-22-14(17)9-21-10-15(18)23-16-12(19-3)6-5-7-13(16)20-4/h5-7,11H,8-10H2,1-4H3. The van der Waals surface area contributed by atoms with E-state index in [1.54, 1.807) is 18.2 Å². The summed E-state index contributed by atoms with van der Waals surface area (Å²) in [6.45, 7) is 3.45. The number of hydrogen-bond donors (Lipinski definition) is 0. The first-order valence-electron chi connectivity index (χ1n) is 7.13. The Hall–Kier alpha value is -2.28. The minimum Gasteiger partial charge on any atom is -0.493 e. The van der Waals surface area contributed by atoms with Crippen LogP contribution in [0.2, 0.25) is 0 Å². The smallest absolute Gasteiger partial charge is 0.337 e. The van der Waals surface area contributed by atoms with Crippen LogP contribution in [0.15, 0.2) is 18.2 Å². The van der Waals surface area contributed by atoms with Crippen LogP contribution in [-0.2, 0) is 19.1 Å². The molecule has 0 bridgehead atoms. The number of para-hydroxylation sites is 1. The first-order chi connectivity index (χ1) is 11.0. The predicted octanol–water partition coefficient (Wildman–Crippen LogP) is 1.82. The molecule has 1 aromatic rings. The van der Waals surface area contributed by atoms with E-state index in [0.29, 0.717) is 18.1 Å². The summed E-state index contributed by atoms with van der Waals surface area (Å²) in [5.41, 5.74) is 0. The lowest BCUT2D eigenvalue weighted by Gasteiger charge is -2.12. The Bertz CT molecular complexity index is 503. The van der Waals surface area contributed by atoms with E-state index in [1.165, 1.54) is 14.2 Å². The van der Waals surface area contributed by atoms with Crippen molar-refractivity contribution in [3.8, 4) is 17.2 Å².